The maximum atomic E-state index is 12.7. The minimum Gasteiger partial charge on any atom is -0.468 e. The molecule has 5 heteroatoms. The molecule has 0 aliphatic rings. The van der Waals surface area contributed by atoms with Crippen molar-refractivity contribution in [2.45, 2.75) is 6.04 Å². The van der Waals surface area contributed by atoms with Crippen LogP contribution in [0.3, 0.4) is 0 Å². The van der Waals surface area contributed by atoms with Crippen molar-refractivity contribution in [3.63, 3.8) is 0 Å². The molecule has 2 N–H and O–H groups in total. The Balaban J connectivity index is 3.01. The third kappa shape index (κ3) is 2.30. The molecule has 0 saturated heterocycles. The van der Waals surface area contributed by atoms with Crippen molar-refractivity contribution in [2.75, 3.05) is 7.11 Å². The summed E-state index contributed by atoms with van der Waals surface area (Å²) in [5.74, 6) is -0.949. The largest absolute Gasteiger partial charge is 0.468 e. The summed E-state index contributed by atoms with van der Waals surface area (Å²) >= 11 is 3.12. The van der Waals surface area contributed by atoms with E-state index in [-0.39, 0.29) is 0 Å². The first kappa shape index (κ1) is 11.1. The van der Waals surface area contributed by atoms with Crippen LogP contribution in [0.15, 0.2) is 22.7 Å². The van der Waals surface area contributed by atoms with Crippen molar-refractivity contribution in [3.05, 3.63) is 34.1 Å². The number of carbonyl (C=O) groups excluding carboxylic acids is 1. The molecule has 0 aromatic heterocycles. The van der Waals surface area contributed by atoms with E-state index >= 15 is 0 Å². The standard InChI is InChI=1S/C9H9BrFNO2/c1-14-9(13)8(12)6-3-2-5(11)4-7(6)10/h2-4,8H,12H2,1H3. The maximum absolute atomic E-state index is 12.7. The van der Waals surface area contributed by atoms with Crippen molar-refractivity contribution in [3.8, 4) is 0 Å². The van der Waals surface area contributed by atoms with Crippen molar-refractivity contribution >= 4 is 21.9 Å². The van der Waals surface area contributed by atoms with Crippen LogP contribution in [0.2, 0.25) is 0 Å². The van der Waals surface area contributed by atoms with Gasteiger partial charge in [0.05, 0.1) is 7.11 Å². The molecule has 1 rings (SSSR count). The second kappa shape index (κ2) is 4.52. The fourth-order valence-corrected chi connectivity index (χ4v) is 1.61. The molecule has 0 spiro atoms. The van der Waals surface area contributed by atoms with Crippen LogP contribution in [-0.2, 0) is 9.53 Å². The zero-order valence-corrected chi connectivity index (χ0v) is 9.05. The van der Waals surface area contributed by atoms with E-state index in [1.165, 1.54) is 25.3 Å². The minimum absolute atomic E-state index is 0.391. The summed E-state index contributed by atoms with van der Waals surface area (Å²) in [4.78, 5) is 11.1. The van der Waals surface area contributed by atoms with Gasteiger partial charge >= 0.3 is 5.97 Å². The van der Waals surface area contributed by atoms with Gasteiger partial charge in [-0.1, -0.05) is 22.0 Å². The normalized spacial score (nSPS) is 12.3. The van der Waals surface area contributed by atoms with Crippen LogP contribution >= 0.6 is 15.9 Å². The van der Waals surface area contributed by atoms with E-state index in [1.807, 2.05) is 0 Å². The molecule has 1 unspecified atom stereocenters. The minimum atomic E-state index is -0.894. The first-order valence-electron chi connectivity index (χ1n) is 3.84. The van der Waals surface area contributed by atoms with E-state index in [2.05, 4.69) is 20.7 Å². The number of methoxy groups -OCH3 is 1. The third-order valence-corrected chi connectivity index (χ3v) is 2.44. The summed E-state index contributed by atoms with van der Waals surface area (Å²) in [6.45, 7) is 0. The molecular weight excluding hydrogens is 253 g/mol. The average Bonchev–Trinajstić information content (AvgIpc) is 2.15. The van der Waals surface area contributed by atoms with Gasteiger partial charge in [0, 0.05) is 4.47 Å². The SMILES string of the molecule is COC(=O)C(N)c1ccc(F)cc1Br. The van der Waals surface area contributed by atoms with Gasteiger partial charge in [0.15, 0.2) is 0 Å². The number of benzene rings is 1. The molecule has 3 nitrogen and oxygen atoms in total. The summed E-state index contributed by atoms with van der Waals surface area (Å²) in [6.07, 6.45) is 0. The number of hydrogen-bond acceptors (Lipinski definition) is 3. The van der Waals surface area contributed by atoms with Crippen LogP contribution in [-0.4, -0.2) is 13.1 Å². The summed E-state index contributed by atoms with van der Waals surface area (Å²) in [6, 6.07) is 3.04. The highest BCUT2D eigenvalue weighted by Gasteiger charge is 2.18. The van der Waals surface area contributed by atoms with Gasteiger partial charge in [-0.05, 0) is 17.7 Å². The summed E-state index contributed by atoms with van der Waals surface area (Å²) < 4.78 is 17.6. The van der Waals surface area contributed by atoms with Crippen LogP contribution in [0.1, 0.15) is 11.6 Å². The second-order valence-corrected chi connectivity index (χ2v) is 3.52. The number of carbonyl (C=O) groups is 1. The van der Waals surface area contributed by atoms with Gasteiger partial charge in [-0.3, -0.25) is 4.79 Å². The van der Waals surface area contributed by atoms with E-state index < -0.39 is 17.8 Å². The molecule has 0 bridgehead atoms. The molecule has 0 aliphatic heterocycles. The lowest BCUT2D eigenvalue weighted by atomic mass is 10.1. The molecule has 0 radical (unpaired) electrons. The smallest absolute Gasteiger partial charge is 0.327 e. The molecule has 0 saturated carbocycles. The molecule has 1 aromatic rings. The Bertz CT molecular complexity index is 357. The summed E-state index contributed by atoms with van der Waals surface area (Å²) in [7, 11) is 1.25. The van der Waals surface area contributed by atoms with E-state index in [0.29, 0.717) is 10.0 Å². The number of nitrogens with two attached hydrogens (primary N) is 1. The Hall–Kier alpha value is -0.940. The monoisotopic (exact) mass is 261 g/mol. The third-order valence-electron chi connectivity index (χ3n) is 1.75. The van der Waals surface area contributed by atoms with E-state index in [1.54, 1.807) is 0 Å². The fraction of sp³-hybridized carbons (Fsp3) is 0.222. The Morgan fingerprint density at radius 1 is 1.64 bits per heavy atom. The lowest BCUT2D eigenvalue weighted by Gasteiger charge is -2.11. The van der Waals surface area contributed by atoms with Gasteiger partial charge < -0.3 is 10.5 Å². The van der Waals surface area contributed by atoms with Crippen molar-refractivity contribution < 1.29 is 13.9 Å². The van der Waals surface area contributed by atoms with Gasteiger partial charge in [0.1, 0.15) is 11.9 Å². The number of halogens is 2. The predicted molar refractivity (Wildman–Crippen MR) is 53.0 cm³/mol. The molecule has 1 aromatic carbocycles. The quantitative estimate of drug-likeness (QED) is 0.826. The molecule has 1 atom stereocenters. The molecular formula is C9H9BrFNO2. The van der Waals surface area contributed by atoms with Gasteiger partial charge in [0.2, 0.25) is 0 Å². The topological polar surface area (TPSA) is 52.3 Å². The lowest BCUT2D eigenvalue weighted by Crippen LogP contribution is -2.22. The summed E-state index contributed by atoms with van der Waals surface area (Å²) in [5, 5.41) is 0. The molecule has 14 heavy (non-hydrogen) atoms. The Morgan fingerprint density at radius 3 is 2.79 bits per heavy atom. The average molecular weight is 262 g/mol. The molecule has 0 fully saturated rings. The fourth-order valence-electron chi connectivity index (χ4n) is 1.01. The zero-order valence-electron chi connectivity index (χ0n) is 7.46. The van der Waals surface area contributed by atoms with Crippen molar-refractivity contribution in [1.29, 1.82) is 0 Å². The number of hydrogen-bond donors (Lipinski definition) is 1. The van der Waals surface area contributed by atoms with Crippen LogP contribution < -0.4 is 5.73 Å². The maximum Gasteiger partial charge on any atom is 0.327 e. The highest BCUT2D eigenvalue weighted by Crippen LogP contribution is 2.23. The van der Waals surface area contributed by atoms with Crippen molar-refractivity contribution in [2.24, 2.45) is 5.73 Å². The molecule has 0 amide bonds. The van der Waals surface area contributed by atoms with Crippen LogP contribution in [0, 0.1) is 5.82 Å². The van der Waals surface area contributed by atoms with Crippen LogP contribution in [0.5, 0.6) is 0 Å². The Labute approximate surface area is 89.2 Å². The molecule has 76 valence electrons. The highest BCUT2D eigenvalue weighted by molar-refractivity contribution is 9.10. The number of rotatable bonds is 2. The van der Waals surface area contributed by atoms with Gasteiger partial charge in [0.25, 0.3) is 0 Å². The first-order chi connectivity index (χ1) is 6.56. The van der Waals surface area contributed by atoms with Crippen LogP contribution in [0.25, 0.3) is 0 Å². The lowest BCUT2D eigenvalue weighted by molar-refractivity contribution is -0.142. The molecule has 0 aliphatic carbocycles. The van der Waals surface area contributed by atoms with Gasteiger partial charge in [-0.15, -0.1) is 0 Å². The van der Waals surface area contributed by atoms with Crippen molar-refractivity contribution in [1.82, 2.24) is 0 Å². The highest BCUT2D eigenvalue weighted by atomic mass is 79.9. The molecule has 0 heterocycles. The first-order valence-corrected chi connectivity index (χ1v) is 4.64. The number of ether oxygens (including phenoxy) is 1. The van der Waals surface area contributed by atoms with E-state index in [4.69, 9.17) is 5.73 Å². The predicted octanol–water partition coefficient (Wildman–Crippen LogP) is 1.76. The van der Waals surface area contributed by atoms with Crippen LogP contribution in [0.4, 0.5) is 4.39 Å². The van der Waals surface area contributed by atoms with E-state index in [0.717, 1.165) is 0 Å². The van der Waals surface area contributed by atoms with Gasteiger partial charge in [-0.25, -0.2) is 4.39 Å². The zero-order chi connectivity index (χ0) is 10.7. The second-order valence-electron chi connectivity index (χ2n) is 2.67. The number of esters is 1. The Morgan fingerprint density at radius 2 is 2.29 bits per heavy atom. The van der Waals surface area contributed by atoms with E-state index in [9.17, 15) is 9.18 Å². The van der Waals surface area contributed by atoms with Gasteiger partial charge in [-0.2, -0.15) is 0 Å². The summed E-state index contributed by atoms with van der Waals surface area (Å²) in [5.41, 5.74) is 6.07. The Kier molecular flexibility index (Phi) is 3.60.